The summed E-state index contributed by atoms with van der Waals surface area (Å²) in [6, 6.07) is -0.627. The lowest BCUT2D eigenvalue weighted by atomic mass is 10.1. The minimum absolute atomic E-state index is 0.0392. The van der Waals surface area contributed by atoms with Crippen molar-refractivity contribution >= 4 is 17.9 Å². The molecule has 0 aliphatic heterocycles. The molecule has 0 saturated heterocycles. The van der Waals surface area contributed by atoms with E-state index in [0.29, 0.717) is 19.3 Å². The molecule has 0 rings (SSSR count). The van der Waals surface area contributed by atoms with Gasteiger partial charge in [0.2, 0.25) is 0 Å². The number of ether oxygens (including phenoxy) is 3. The first-order chi connectivity index (χ1) is 28.1. The summed E-state index contributed by atoms with van der Waals surface area (Å²) in [6.07, 6.45) is 50.8. The van der Waals surface area contributed by atoms with Gasteiger partial charge in [-0.1, -0.05) is 164 Å². The minimum atomic E-state index is -0.886. The fraction of sp³-hybridized carbons (Fsp3) is 0.700. The molecule has 8 heteroatoms. The minimum Gasteiger partial charge on any atom is -0.477 e. The summed E-state index contributed by atoms with van der Waals surface area (Å²) >= 11 is 0. The van der Waals surface area contributed by atoms with E-state index in [4.69, 9.17) is 14.2 Å². The molecule has 332 valence electrons. The Labute approximate surface area is 355 Å². The zero-order valence-corrected chi connectivity index (χ0v) is 37.7. The Balaban J connectivity index is 4.45. The first kappa shape index (κ1) is 54.8. The van der Waals surface area contributed by atoms with E-state index in [9.17, 15) is 19.5 Å². The van der Waals surface area contributed by atoms with Gasteiger partial charge in [0.05, 0.1) is 34.4 Å². The highest BCUT2D eigenvalue weighted by atomic mass is 16.6. The van der Waals surface area contributed by atoms with Crippen LogP contribution in [-0.4, -0.2) is 80.6 Å². The maximum absolute atomic E-state index is 12.7. The molecule has 0 aliphatic carbocycles. The van der Waals surface area contributed by atoms with Crippen molar-refractivity contribution in [1.82, 2.24) is 0 Å². The third kappa shape index (κ3) is 38.3. The van der Waals surface area contributed by atoms with Gasteiger partial charge in [0.15, 0.2) is 12.1 Å². The first-order valence-corrected chi connectivity index (χ1v) is 23.0. The highest BCUT2D eigenvalue weighted by molar-refractivity contribution is 5.72. The molecule has 2 atom stereocenters. The van der Waals surface area contributed by atoms with Gasteiger partial charge >= 0.3 is 17.9 Å². The number of allylic oxidation sites excluding steroid dienone is 12. The van der Waals surface area contributed by atoms with Gasteiger partial charge in [0.1, 0.15) is 6.61 Å². The standard InChI is InChI=1S/C50H85NO7/c1-6-8-10-12-14-16-18-20-22-24-25-27-29-31-33-35-37-39-41-49(53)58-46(44-56-43-42-47(50(54)55)51(3,4)5)45-57-48(52)40-38-36-34-32-30-28-26-23-21-19-17-15-13-11-9-7-2/h14,16,18,20,22-28,30,46-47H,6-13,15,17,19,21,29,31-45H2,1-5H3/p+1/b16-14+,20-18+,24-22+,26-23+,27-25+,30-28+. The van der Waals surface area contributed by atoms with Crippen LogP contribution in [0, 0.1) is 0 Å². The van der Waals surface area contributed by atoms with Crippen LogP contribution in [0.3, 0.4) is 0 Å². The number of carboxylic acid groups (broad SMARTS) is 1. The number of carboxylic acids is 1. The molecule has 0 heterocycles. The van der Waals surface area contributed by atoms with Crippen LogP contribution in [0.1, 0.15) is 174 Å². The molecule has 0 aliphatic rings. The monoisotopic (exact) mass is 813 g/mol. The molecule has 0 fully saturated rings. The predicted octanol–water partition coefficient (Wildman–Crippen LogP) is 12.7. The van der Waals surface area contributed by atoms with Gasteiger partial charge in [-0.2, -0.15) is 0 Å². The van der Waals surface area contributed by atoms with Crippen LogP contribution in [-0.2, 0) is 28.6 Å². The molecular weight excluding hydrogens is 727 g/mol. The largest absolute Gasteiger partial charge is 0.477 e. The fourth-order valence-electron chi connectivity index (χ4n) is 6.33. The van der Waals surface area contributed by atoms with Crippen LogP contribution in [0.4, 0.5) is 0 Å². The average molecular weight is 813 g/mol. The number of nitrogens with zero attached hydrogens (tertiary/aromatic N) is 1. The maximum atomic E-state index is 12.7. The van der Waals surface area contributed by atoms with Gasteiger partial charge in [-0.3, -0.25) is 9.59 Å². The summed E-state index contributed by atoms with van der Waals surface area (Å²) in [5, 5.41) is 9.63. The summed E-state index contributed by atoms with van der Waals surface area (Å²) in [7, 11) is 5.50. The smallest absolute Gasteiger partial charge is 0.362 e. The summed E-state index contributed by atoms with van der Waals surface area (Å²) < 4.78 is 17.2. The molecule has 1 N–H and O–H groups in total. The van der Waals surface area contributed by atoms with E-state index in [1.807, 2.05) is 27.2 Å². The van der Waals surface area contributed by atoms with Crippen LogP contribution < -0.4 is 0 Å². The van der Waals surface area contributed by atoms with Crippen LogP contribution in [0.25, 0.3) is 0 Å². The number of likely N-dealkylation sites (N-methyl/N-ethyl adjacent to an activating group) is 1. The Kier molecular flexibility index (Phi) is 38.3. The van der Waals surface area contributed by atoms with Crippen molar-refractivity contribution in [3.8, 4) is 0 Å². The Morgan fingerprint density at radius 2 is 0.914 bits per heavy atom. The number of carbonyl (C=O) groups is 3. The van der Waals surface area contributed by atoms with Crippen molar-refractivity contribution in [2.75, 3.05) is 41.0 Å². The van der Waals surface area contributed by atoms with E-state index >= 15 is 0 Å². The van der Waals surface area contributed by atoms with Crippen molar-refractivity contribution in [1.29, 1.82) is 0 Å². The van der Waals surface area contributed by atoms with E-state index < -0.39 is 18.1 Å². The second kappa shape index (κ2) is 40.5. The van der Waals surface area contributed by atoms with Crippen LogP contribution in [0.5, 0.6) is 0 Å². The molecule has 0 spiro atoms. The van der Waals surface area contributed by atoms with E-state index in [2.05, 4.69) is 80.7 Å². The lowest BCUT2D eigenvalue weighted by Gasteiger charge is -2.31. The molecule has 58 heavy (non-hydrogen) atoms. The number of quaternary nitrogens is 1. The number of rotatable bonds is 40. The number of hydrogen-bond acceptors (Lipinski definition) is 6. The molecule has 0 bridgehead atoms. The molecule has 0 aromatic carbocycles. The van der Waals surface area contributed by atoms with Crippen molar-refractivity contribution in [3.05, 3.63) is 72.9 Å². The molecule has 0 amide bonds. The number of aliphatic carboxylic acids is 1. The molecule has 0 saturated carbocycles. The van der Waals surface area contributed by atoms with E-state index in [1.165, 1.54) is 64.2 Å². The maximum Gasteiger partial charge on any atom is 0.362 e. The zero-order valence-electron chi connectivity index (χ0n) is 37.7. The van der Waals surface area contributed by atoms with Gasteiger partial charge in [-0.15, -0.1) is 0 Å². The Hall–Kier alpha value is -3.23. The SMILES string of the molecule is CCCCC/C=C/C=C/C=C/C=C/CCCCCCCC(=O)OC(COCCC(C(=O)O)[N+](C)(C)C)COC(=O)CCCCC/C=C/C=C/CCCCCCCCC. The second-order valence-corrected chi connectivity index (χ2v) is 16.4. The van der Waals surface area contributed by atoms with Gasteiger partial charge in [0, 0.05) is 19.3 Å². The van der Waals surface area contributed by atoms with Gasteiger partial charge < -0.3 is 23.8 Å². The molecule has 8 nitrogen and oxygen atoms in total. The quantitative estimate of drug-likeness (QED) is 0.0285. The topological polar surface area (TPSA) is 99.1 Å². The normalized spacial score (nSPS) is 13.6. The summed E-state index contributed by atoms with van der Waals surface area (Å²) in [5.41, 5.74) is 0. The van der Waals surface area contributed by atoms with Crippen molar-refractivity contribution in [2.24, 2.45) is 0 Å². The number of esters is 2. The molecule has 0 radical (unpaired) electrons. The van der Waals surface area contributed by atoms with E-state index in [0.717, 1.165) is 77.0 Å². The summed E-state index contributed by atoms with van der Waals surface area (Å²) in [4.78, 5) is 37.0. The average Bonchev–Trinajstić information content (AvgIpc) is 3.18. The van der Waals surface area contributed by atoms with Crippen molar-refractivity contribution in [2.45, 2.75) is 187 Å². The van der Waals surface area contributed by atoms with Crippen molar-refractivity contribution < 1.29 is 38.2 Å². The van der Waals surface area contributed by atoms with E-state index in [-0.39, 0.29) is 36.2 Å². The van der Waals surface area contributed by atoms with Gasteiger partial charge in [-0.05, 0) is 64.2 Å². The third-order valence-corrected chi connectivity index (χ3v) is 9.95. The van der Waals surface area contributed by atoms with Crippen molar-refractivity contribution in [3.63, 3.8) is 0 Å². The Bertz CT molecular complexity index is 1180. The number of unbranched alkanes of at least 4 members (excludes halogenated alkanes) is 18. The number of hydrogen-bond donors (Lipinski definition) is 1. The van der Waals surface area contributed by atoms with Crippen LogP contribution in [0.2, 0.25) is 0 Å². The van der Waals surface area contributed by atoms with Crippen LogP contribution in [0.15, 0.2) is 72.9 Å². The number of carbonyl (C=O) groups excluding carboxylic acids is 2. The lowest BCUT2D eigenvalue weighted by molar-refractivity contribution is -0.887. The highest BCUT2D eigenvalue weighted by Crippen LogP contribution is 2.13. The van der Waals surface area contributed by atoms with Crippen LogP contribution >= 0.6 is 0 Å². The summed E-state index contributed by atoms with van der Waals surface area (Å²) in [6.45, 7) is 4.63. The zero-order chi connectivity index (χ0) is 42.8. The first-order valence-electron chi connectivity index (χ1n) is 23.0. The van der Waals surface area contributed by atoms with E-state index in [1.54, 1.807) is 0 Å². The second-order valence-electron chi connectivity index (χ2n) is 16.4. The van der Waals surface area contributed by atoms with Gasteiger partial charge in [-0.25, -0.2) is 4.79 Å². The third-order valence-electron chi connectivity index (χ3n) is 9.95. The fourth-order valence-corrected chi connectivity index (χ4v) is 6.33. The molecular formula is C50H86NO7+. The molecule has 2 unspecified atom stereocenters. The lowest BCUT2D eigenvalue weighted by Crippen LogP contribution is -2.50. The Morgan fingerprint density at radius 1 is 0.517 bits per heavy atom. The predicted molar refractivity (Wildman–Crippen MR) is 243 cm³/mol. The van der Waals surface area contributed by atoms with Gasteiger partial charge in [0.25, 0.3) is 0 Å². The highest BCUT2D eigenvalue weighted by Gasteiger charge is 2.31. The summed E-state index contributed by atoms with van der Waals surface area (Å²) in [5.74, 6) is -1.54. The molecule has 0 aromatic rings. The molecule has 0 aromatic heterocycles. The Morgan fingerprint density at radius 3 is 1.41 bits per heavy atom.